The highest BCUT2D eigenvalue weighted by Gasteiger charge is 2.27. The van der Waals surface area contributed by atoms with E-state index in [2.05, 4.69) is 5.32 Å². The van der Waals surface area contributed by atoms with Crippen LogP contribution in [0.5, 0.6) is 0 Å². The maximum Gasteiger partial charge on any atom is 0.237 e. The number of nitrogens with one attached hydrogen (secondary N) is 1. The molecule has 0 bridgehead atoms. The highest BCUT2D eigenvalue weighted by Crippen LogP contribution is 2.16. The van der Waals surface area contributed by atoms with Crippen molar-refractivity contribution >= 4 is 5.91 Å². The SMILES string of the molecule is COCC(O)CNC(=O)[C@@H](N)C(C)(C)C. The fraction of sp³-hybridized carbons (Fsp3) is 0.900. The van der Waals surface area contributed by atoms with Crippen LogP contribution < -0.4 is 11.1 Å². The molecule has 0 saturated carbocycles. The van der Waals surface area contributed by atoms with Gasteiger partial charge in [0.15, 0.2) is 0 Å². The summed E-state index contributed by atoms with van der Waals surface area (Å²) in [5.41, 5.74) is 5.45. The van der Waals surface area contributed by atoms with E-state index in [-0.39, 0.29) is 24.5 Å². The summed E-state index contributed by atoms with van der Waals surface area (Å²) in [6.45, 7) is 6.04. The number of carbonyl (C=O) groups is 1. The summed E-state index contributed by atoms with van der Waals surface area (Å²) in [5, 5.41) is 11.9. The van der Waals surface area contributed by atoms with Crippen LogP contribution in [0.1, 0.15) is 20.8 Å². The first-order chi connectivity index (χ1) is 6.79. The number of aliphatic hydroxyl groups excluding tert-OH is 1. The van der Waals surface area contributed by atoms with Gasteiger partial charge in [0.05, 0.1) is 18.8 Å². The Labute approximate surface area is 91.0 Å². The quantitative estimate of drug-likeness (QED) is 0.580. The van der Waals surface area contributed by atoms with Crippen LogP contribution in [-0.2, 0) is 9.53 Å². The molecule has 5 heteroatoms. The lowest BCUT2D eigenvalue weighted by molar-refractivity contribution is -0.125. The first kappa shape index (κ1) is 14.3. The highest BCUT2D eigenvalue weighted by atomic mass is 16.5. The van der Waals surface area contributed by atoms with Gasteiger partial charge in [0, 0.05) is 13.7 Å². The maximum atomic E-state index is 11.5. The Bertz CT molecular complexity index is 201. The van der Waals surface area contributed by atoms with Crippen molar-refractivity contribution in [1.82, 2.24) is 5.32 Å². The first-order valence-corrected chi connectivity index (χ1v) is 4.99. The number of ether oxygens (including phenoxy) is 1. The van der Waals surface area contributed by atoms with Crippen LogP contribution >= 0.6 is 0 Å². The third-order valence-corrected chi connectivity index (χ3v) is 2.09. The molecular weight excluding hydrogens is 196 g/mol. The van der Waals surface area contributed by atoms with E-state index in [1.807, 2.05) is 20.8 Å². The van der Waals surface area contributed by atoms with E-state index in [4.69, 9.17) is 10.5 Å². The Balaban J connectivity index is 3.94. The lowest BCUT2D eigenvalue weighted by Gasteiger charge is -2.26. The molecule has 0 aliphatic rings. The maximum absolute atomic E-state index is 11.5. The minimum absolute atomic E-state index is 0.163. The van der Waals surface area contributed by atoms with Crippen LogP contribution in [0.2, 0.25) is 0 Å². The third-order valence-electron chi connectivity index (χ3n) is 2.09. The number of rotatable bonds is 5. The Morgan fingerprint density at radius 3 is 2.47 bits per heavy atom. The Morgan fingerprint density at radius 1 is 1.53 bits per heavy atom. The normalized spacial score (nSPS) is 15.9. The minimum Gasteiger partial charge on any atom is -0.389 e. The molecule has 1 unspecified atom stereocenters. The lowest BCUT2D eigenvalue weighted by atomic mass is 9.87. The number of hydrogen-bond acceptors (Lipinski definition) is 4. The molecule has 1 amide bonds. The number of aliphatic hydroxyl groups is 1. The second-order valence-corrected chi connectivity index (χ2v) is 4.70. The first-order valence-electron chi connectivity index (χ1n) is 4.99. The lowest BCUT2D eigenvalue weighted by Crippen LogP contribution is -2.50. The number of methoxy groups -OCH3 is 1. The van der Waals surface area contributed by atoms with Crippen molar-refractivity contribution in [3.8, 4) is 0 Å². The molecule has 0 aromatic heterocycles. The van der Waals surface area contributed by atoms with Crippen molar-refractivity contribution in [3.05, 3.63) is 0 Å². The monoisotopic (exact) mass is 218 g/mol. The summed E-state index contributed by atoms with van der Waals surface area (Å²) < 4.78 is 4.73. The van der Waals surface area contributed by atoms with Crippen LogP contribution in [0.15, 0.2) is 0 Å². The van der Waals surface area contributed by atoms with Gasteiger partial charge in [0.25, 0.3) is 0 Å². The number of carbonyl (C=O) groups excluding carboxylic acids is 1. The summed E-state index contributed by atoms with van der Waals surface area (Å²) in [6.07, 6.45) is -0.689. The number of amides is 1. The fourth-order valence-electron chi connectivity index (χ4n) is 0.973. The molecule has 4 N–H and O–H groups in total. The molecule has 0 heterocycles. The van der Waals surface area contributed by atoms with Crippen LogP contribution in [0, 0.1) is 5.41 Å². The van der Waals surface area contributed by atoms with Crippen LogP contribution in [0.25, 0.3) is 0 Å². The van der Waals surface area contributed by atoms with E-state index in [1.165, 1.54) is 7.11 Å². The molecule has 15 heavy (non-hydrogen) atoms. The molecule has 2 atom stereocenters. The van der Waals surface area contributed by atoms with Gasteiger partial charge >= 0.3 is 0 Å². The van der Waals surface area contributed by atoms with Gasteiger partial charge in [-0.25, -0.2) is 0 Å². The van der Waals surface area contributed by atoms with Crippen molar-refractivity contribution in [2.75, 3.05) is 20.3 Å². The predicted molar refractivity (Wildman–Crippen MR) is 58.3 cm³/mol. The number of hydrogen-bond donors (Lipinski definition) is 3. The van der Waals surface area contributed by atoms with Crippen LogP contribution in [-0.4, -0.2) is 43.4 Å². The van der Waals surface area contributed by atoms with Gasteiger partial charge in [0.1, 0.15) is 0 Å². The molecule has 90 valence electrons. The molecule has 0 spiro atoms. The van der Waals surface area contributed by atoms with Gasteiger partial charge < -0.3 is 20.9 Å². The van der Waals surface area contributed by atoms with Gasteiger partial charge in [-0.15, -0.1) is 0 Å². The molecule has 0 rings (SSSR count). The van der Waals surface area contributed by atoms with Crippen molar-refractivity contribution in [2.45, 2.75) is 32.9 Å². The smallest absolute Gasteiger partial charge is 0.237 e. The van der Waals surface area contributed by atoms with E-state index in [1.54, 1.807) is 0 Å². The highest BCUT2D eigenvalue weighted by molar-refractivity contribution is 5.82. The molecule has 5 nitrogen and oxygen atoms in total. The van der Waals surface area contributed by atoms with Crippen molar-refractivity contribution in [2.24, 2.45) is 11.1 Å². The van der Waals surface area contributed by atoms with E-state index in [9.17, 15) is 9.90 Å². The van der Waals surface area contributed by atoms with Crippen molar-refractivity contribution in [3.63, 3.8) is 0 Å². The van der Waals surface area contributed by atoms with E-state index < -0.39 is 12.1 Å². The summed E-state index contributed by atoms with van der Waals surface area (Å²) >= 11 is 0. The molecule has 0 radical (unpaired) electrons. The topological polar surface area (TPSA) is 84.6 Å². The van der Waals surface area contributed by atoms with Crippen LogP contribution in [0.4, 0.5) is 0 Å². The van der Waals surface area contributed by atoms with Crippen LogP contribution in [0.3, 0.4) is 0 Å². The van der Waals surface area contributed by atoms with Gasteiger partial charge in [-0.2, -0.15) is 0 Å². The minimum atomic E-state index is -0.689. The van der Waals surface area contributed by atoms with Gasteiger partial charge in [0.2, 0.25) is 5.91 Å². The van der Waals surface area contributed by atoms with Gasteiger partial charge in [-0.05, 0) is 5.41 Å². The zero-order valence-corrected chi connectivity index (χ0v) is 9.91. The Kier molecular flexibility index (Phi) is 5.79. The van der Waals surface area contributed by atoms with E-state index >= 15 is 0 Å². The van der Waals surface area contributed by atoms with Gasteiger partial charge in [-0.1, -0.05) is 20.8 Å². The van der Waals surface area contributed by atoms with E-state index in [0.717, 1.165) is 0 Å². The van der Waals surface area contributed by atoms with Gasteiger partial charge in [-0.3, -0.25) is 4.79 Å². The second-order valence-electron chi connectivity index (χ2n) is 4.70. The molecule has 0 aromatic carbocycles. The third kappa shape index (κ3) is 5.71. The summed E-state index contributed by atoms with van der Waals surface area (Å²) in [7, 11) is 1.49. The standard InChI is InChI=1S/C10H22N2O3/c1-10(2,3)8(11)9(14)12-5-7(13)6-15-4/h7-8,13H,5-6,11H2,1-4H3,(H,12,14)/t7?,8-/m1/s1. The average Bonchev–Trinajstić information content (AvgIpc) is 2.12. The van der Waals surface area contributed by atoms with E-state index in [0.29, 0.717) is 0 Å². The molecular formula is C10H22N2O3. The predicted octanol–water partition coefficient (Wildman–Crippen LogP) is -0.517. The fourth-order valence-corrected chi connectivity index (χ4v) is 0.973. The zero-order valence-electron chi connectivity index (χ0n) is 9.91. The number of nitrogens with two attached hydrogens (primary N) is 1. The largest absolute Gasteiger partial charge is 0.389 e. The molecule has 0 aliphatic heterocycles. The van der Waals surface area contributed by atoms with Crippen molar-refractivity contribution < 1.29 is 14.6 Å². The second kappa shape index (κ2) is 6.05. The summed E-state index contributed by atoms with van der Waals surface area (Å²) in [5.74, 6) is -0.252. The molecule has 0 aromatic rings. The summed E-state index contributed by atoms with van der Waals surface area (Å²) in [4.78, 5) is 11.5. The Morgan fingerprint density at radius 2 is 2.07 bits per heavy atom. The molecule has 0 saturated heterocycles. The summed E-state index contributed by atoms with van der Waals surface area (Å²) in [6, 6.07) is -0.577. The Hall–Kier alpha value is -0.650. The zero-order chi connectivity index (χ0) is 12.1. The molecule has 0 aliphatic carbocycles. The average molecular weight is 218 g/mol. The molecule has 0 fully saturated rings. The van der Waals surface area contributed by atoms with Crippen molar-refractivity contribution in [1.29, 1.82) is 0 Å².